The van der Waals surface area contributed by atoms with Crippen molar-refractivity contribution in [1.29, 1.82) is 0 Å². The van der Waals surface area contributed by atoms with E-state index in [1.54, 1.807) is 0 Å². The van der Waals surface area contributed by atoms with Crippen LogP contribution in [0.5, 0.6) is 0 Å². The minimum Gasteiger partial charge on any atom is -0.158 e. The molecule has 31 heavy (non-hydrogen) atoms. The molecule has 2 aromatic carbocycles. The first kappa shape index (κ1) is 23.2. The Bertz CT molecular complexity index is 825. The molecule has 2 nitrogen and oxygen atoms in total. The highest BCUT2D eigenvalue weighted by molar-refractivity contribution is 6.02. The van der Waals surface area contributed by atoms with E-state index < -0.39 is 0 Å². The van der Waals surface area contributed by atoms with E-state index in [4.69, 9.17) is 5.10 Å². The largest absolute Gasteiger partial charge is 0.158 e. The molecule has 1 saturated carbocycles. The van der Waals surface area contributed by atoms with Crippen LogP contribution in [0.25, 0.3) is 0 Å². The van der Waals surface area contributed by atoms with E-state index in [1.165, 1.54) is 62.5 Å². The Labute approximate surface area is 189 Å². The van der Waals surface area contributed by atoms with Gasteiger partial charge in [-0.05, 0) is 74.0 Å². The molecule has 0 aromatic heterocycles. The maximum Gasteiger partial charge on any atom is 0.0733 e. The summed E-state index contributed by atoms with van der Waals surface area (Å²) in [5, 5.41) is 9.27. The zero-order valence-corrected chi connectivity index (χ0v) is 19.2. The highest BCUT2D eigenvalue weighted by Crippen LogP contribution is 2.33. The van der Waals surface area contributed by atoms with Gasteiger partial charge in [0.1, 0.15) is 0 Å². The van der Waals surface area contributed by atoms with Gasteiger partial charge in [0, 0.05) is 5.92 Å². The van der Waals surface area contributed by atoms with Crippen LogP contribution in [0.3, 0.4) is 0 Å². The molecule has 0 N–H and O–H groups in total. The number of rotatable bonds is 11. The quantitative estimate of drug-likeness (QED) is 0.154. The number of hydrogen-bond donors (Lipinski definition) is 0. The molecule has 1 fully saturated rings. The summed E-state index contributed by atoms with van der Waals surface area (Å²) >= 11 is 0. The average molecular weight is 415 g/mol. The summed E-state index contributed by atoms with van der Waals surface area (Å²) in [7, 11) is 0. The molecule has 0 radical (unpaired) electrons. The minimum atomic E-state index is 0.519. The van der Waals surface area contributed by atoms with Gasteiger partial charge < -0.3 is 0 Å². The second-order valence-electron chi connectivity index (χ2n) is 8.88. The number of hydrogen-bond acceptors (Lipinski definition) is 2. The third-order valence-electron chi connectivity index (χ3n) is 6.48. The second kappa shape index (κ2) is 13.0. The Morgan fingerprint density at radius 1 is 0.968 bits per heavy atom. The molecule has 2 aromatic rings. The summed E-state index contributed by atoms with van der Waals surface area (Å²) in [6.07, 6.45) is 16.3. The summed E-state index contributed by atoms with van der Waals surface area (Å²) in [6, 6.07) is 19.4. The van der Waals surface area contributed by atoms with E-state index >= 15 is 0 Å². The van der Waals surface area contributed by atoms with Gasteiger partial charge in [-0.3, -0.25) is 0 Å². The first-order valence-corrected chi connectivity index (χ1v) is 12.2. The van der Waals surface area contributed by atoms with E-state index in [0.717, 1.165) is 30.0 Å². The van der Waals surface area contributed by atoms with E-state index in [9.17, 15) is 0 Å². The van der Waals surface area contributed by atoms with E-state index in [1.807, 2.05) is 12.3 Å². The predicted molar refractivity (Wildman–Crippen MR) is 135 cm³/mol. The number of aryl methyl sites for hydroxylation is 1. The molecule has 1 aliphatic rings. The van der Waals surface area contributed by atoms with Crippen LogP contribution in [-0.2, 0) is 6.42 Å². The van der Waals surface area contributed by atoms with Gasteiger partial charge in [0.2, 0.25) is 0 Å². The van der Waals surface area contributed by atoms with Crippen molar-refractivity contribution in [2.45, 2.75) is 71.1 Å². The van der Waals surface area contributed by atoms with Crippen LogP contribution < -0.4 is 0 Å². The van der Waals surface area contributed by atoms with Crippen molar-refractivity contribution in [3.05, 3.63) is 83.9 Å². The van der Waals surface area contributed by atoms with E-state index in [2.05, 4.69) is 73.2 Å². The highest BCUT2D eigenvalue weighted by Gasteiger charge is 2.25. The monoisotopic (exact) mass is 414 g/mol. The third kappa shape index (κ3) is 7.61. The lowest BCUT2D eigenvalue weighted by Crippen LogP contribution is -2.22. The van der Waals surface area contributed by atoms with Crippen molar-refractivity contribution in [3.8, 4) is 0 Å². The summed E-state index contributed by atoms with van der Waals surface area (Å²) in [5.41, 5.74) is 4.87. The fraction of sp³-hybridized carbons (Fsp3) is 0.448. The van der Waals surface area contributed by atoms with Crippen molar-refractivity contribution in [2.24, 2.45) is 22.0 Å². The van der Waals surface area contributed by atoms with Crippen molar-refractivity contribution in [3.63, 3.8) is 0 Å². The molecular formula is C29H38N2. The highest BCUT2D eigenvalue weighted by atomic mass is 15.2. The standard InChI is InChI=1S/C29H38N2/c1-3-5-6-8-12-25-15-17-26(18-16-25)23-30-31-29(27-13-9-7-10-14-27)28-21-19-24(11-4-2)20-22-28/h3,7,9-10,13-18,23-24,28H,1,4-6,8,11-12,19-22H2,2H3. The number of nitrogens with zero attached hydrogens (tertiary/aromatic N) is 2. The van der Waals surface area contributed by atoms with Crippen LogP contribution in [0, 0.1) is 11.8 Å². The Balaban J connectivity index is 1.65. The van der Waals surface area contributed by atoms with Gasteiger partial charge in [-0.1, -0.05) is 80.4 Å². The van der Waals surface area contributed by atoms with Crippen LogP contribution in [-0.4, -0.2) is 11.9 Å². The molecule has 164 valence electrons. The lowest BCUT2D eigenvalue weighted by atomic mass is 9.77. The summed E-state index contributed by atoms with van der Waals surface area (Å²) in [6.45, 7) is 6.09. The number of benzene rings is 2. The molecule has 0 aliphatic heterocycles. The fourth-order valence-corrected chi connectivity index (χ4v) is 4.66. The molecule has 0 saturated heterocycles. The van der Waals surface area contributed by atoms with Gasteiger partial charge in [0.05, 0.1) is 11.9 Å². The second-order valence-corrected chi connectivity index (χ2v) is 8.88. The van der Waals surface area contributed by atoms with Crippen LogP contribution in [0.4, 0.5) is 0 Å². The normalized spacial score (nSPS) is 19.6. The Morgan fingerprint density at radius 2 is 1.71 bits per heavy atom. The van der Waals surface area contributed by atoms with Gasteiger partial charge in [-0.15, -0.1) is 6.58 Å². The molecule has 0 atom stereocenters. The Hall–Kier alpha value is -2.48. The molecule has 0 amide bonds. The average Bonchev–Trinajstić information content (AvgIpc) is 2.82. The first-order valence-electron chi connectivity index (χ1n) is 12.2. The molecule has 0 heterocycles. The summed E-state index contributed by atoms with van der Waals surface area (Å²) in [4.78, 5) is 0. The predicted octanol–water partition coefficient (Wildman–Crippen LogP) is 8.02. The zero-order valence-electron chi connectivity index (χ0n) is 19.2. The van der Waals surface area contributed by atoms with Gasteiger partial charge >= 0.3 is 0 Å². The van der Waals surface area contributed by atoms with Gasteiger partial charge in [0.15, 0.2) is 0 Å². The van der Waals surface area contributed by atoms with E-state index in [-0.39, 0.29) is 0 Å². The topological polar surface area (TPSA) is 24.7 Å². The van der Waals surface area contributed by atoms with Gasteiger partial charge in [0.25, 0.3) is 0 Å². The van der Waals surface area contributed by atoms with Crippen molar-refractivity contribution in [1.82, 2.24) is 0 Å². The van der Waals surface area contributed by atoms with Crippen molar-refractivity contribution in [2.75, 3.05) is 0 Å². The van der Waals surface area contributed by atoms with E-state index in [0.29, 0.717) is 5.92 Å². The number of allylic oxidation sites excluding steroid dienone is 1. The van der Waals surface area contributed by atoms with Gasteiger partial charge in [-0.2, -0.15) is 10.2 Å². The van der Waals surface area contributed by atoms with Crippen LogP contribution in [0.2, 0.25) is 0 Å². The third-order valence-corrected chi connectivity index (χ3v) is 6.48. The molecule has 0 spiro atoms. The van der Waals surface area contributed by atoms with Gasteiger partial charge in [-0.25, -0.2) is 0 Å². The molecule has 0 bridgehead atoms. The molecular weight excluding hydrogens is 376 g/mol. The smallest absolute Gasteiger partial charge is 0.0733 e. The lowest BCUT2D eigenvalue weighted by Gasteiger charge is -2.29. The Kier molecular flexibility index (Phi) is 9.76. The molecule has 0 unspecified atom stereocenters. The lowest BCUT2D eigenvalue weighted by molar-refractivity contribution is 0.304. The van der Waals surface area contributed by atoms with Crippen molar-refractivity contribution < 1.29 is 0 Å². The Morgan fingerprint density at radius 3 is 2.39 bits per heavy atom. The molecule has 1 aliphatic carbocycles. The zero-order chi connectivity index (χ0) is 21.7. The molecule has 2 heteroatoms. The van der Waals surface area contributed by atoms with Crippen LogP contribution in [0.1, 0.15) is 81.4 Å². The van der Waals surface area contributed by atoms with Crippen LogP contribution in [0.15, 0.2) is 77.5 Å². The first-order chi connectivity index (χ1) is 15.3. The fourth-order valence-electron chi connectivity index (χ4n) is 4.66. The summed E-state index contributed by atoms with van der Waals surface area (Å²) in [5.74, 6) is 1.42. The number of unbranched alkanes of at least 4 members (excludes halogenated alkanes) is 2. The molecule has 3 rings (SSSR count). The maximum atomic E-state index is 4.75. The maximum absolute atomic E-state index is 4.75. The van der Waals surface area contributed by atoms with Crippen molar-refractivity contribution >= 4 is 11.9 Å². The SMILES string of the molecule is C=CCCCCc1ccc(C=NN=C(c2ccccc2)C2CCC(CCC)CC2)cc1. The minimum absolute atomic E-state index is 0.519. The summed E-state index contributed by atoms with van der Waals surface area (Å²) < 4.78 is 0. The van der Waals surface area contributed by atoms with Crippen LogP contribution >= 0.6 is 0 Å².